The van der Waals surface area contributed by atoms with Crippen molar-refractivity contribution in [2.75, 3.05) is 27.2 Å². The Labute approximate surface area is 191 Å². The second-order valence-electron chi connectivity index (χ2n) is 7.62. The SMILES string of the molecule is CN=C(NCCc1cccc(C(=O)NC)c1)NCCC(c1ccccc1)c1ccccc1. The Morgan fingerprint density at radius 1 is 0.844 bits per heavy atom. The van der Waals surface area contributed by atoms with Gasteiger partial charge >= 0.3 is 0 Å². The molecule has 0 aliphatic heterocycles. The van der Waals surface area contributed by atoms with Crippen LogP contribution in [-0.4, -0.2) is 39.1 Å². The number of nitrogens with zero attached hydrogens (tertiary/aromatic N) is 1. The average Bonchev–Trinajstić information content (AvgIpc) is 2.86. The number of carbonyl (C=O) groups excluding carboxylic acids is 1. The van der Waals surface area contributed by atoms with Crippen LogP contribution in [0.4, 0.5) is 0 Å². The highest BCUT2D eigenvalue weighted by Crippen LogP contribution is 2.27. The number of carbonyl (C=O) groups is 1. The van der Waals surface area contributed by atoms with Gasteiger partial charge in [0.15, 0.2) is 5.96 Å². The summed E-state index contributed by atoms with van der Waals surface area (Å²) in [4.78, 5) is 16.2. The van der Waals surface area contributed by atoms with Gasteiger partial charge in [-0.25, -0.2) is 0 Å². The highest BCUT2D eigenvalue weighted by atomic mass is 16.1. The molecule has 0 aliphatic rings. The maximum Gasteiger partial charge on any atom is 0.251 e. The Morgan fingerprint density at radius 2 is 1.47 bits per heavy atom. The number of nitrogens with one attached hydrogen (secondary N) is 3. The first-order chi connectivity index (χ1) is 15.7. The van der Waals surface area contributed by atoms with E-state index in [2.05, 4.69) is 81.6 Å². The van der Waals surface area contributed by atoms with Crippen molar-refractivity contribution in [3.05, 3.63) is 107 Å². The molecule has 5 heteroatoms. The molecule has 3 rings (SSSR count). The van der Waals surface area contributed by atoms with Crippen molar-refractivity contribution in [1.29, 1.82) is 0 Å². The van der Waals surface area contributed by atoms with Crippen LogP contribution in [0.5, 0.6) is 0 Å². The number of benzene rings is 3. The van der Waals surface area contributed by atoms with Crippen molar-refractivity contribution >= 4 is 11.9 Å². The molecule has 0 saturated carbocycles. The lowest BCUT2D eigenvalue weighted by atomic mass is 9.88. The first kappa shape index (κ1) is 23.1. The van der Waals surface area contributed by atoms with Gasteiger partial charge in [0.25, 0.3) is 5.91 Å². The smallest absolute Gasteiger partial charge is 0.251 e. The molecule has 0 aromatic heterocycles. The van der Waals surface area contributed by atoms with E-state index in [4.69, 9.17) is 0 Å². The lowest BCUT2D eigenvalue weighted by Crippen LogP contribution is -2.39. The number of amides is 1. The molecule has 3 N–H and O–H groups in total. The minimum Gasteiger partial charge on any atom is -0.356 e. The maximum atomic E-state index is 11.8. The summed E-state index contributed by atoms with van der Waals surface area (Å²) in [5, 5.41) is 9.48. The molecule has 5 nitrogen and oxygen atoms in total. The molecule has 0 radical (unpaired) electrons. The van der Waals surface area contributed by atoms with Gasteiger partial charge in [0.2, 0.25) is 0 Å². The van der Waals surface area contributed by atoms with Crippen molar-refractivity contribution in [2.45, 2.75) is 18.8 Å². The predicted octanol–water partition coefficient (Wildman–Crippen LogP) is 3.98. The predicted molar refractivity (Wildman–Crippen MR) is 132 cm³/mol. The Morgan fingerprint density at radius 3 is 2.06 bits per heavy atom. The Kier molecular flexibility index (Phi) is 8.87. The zero-order valence-electron chi connectivity index (χ0n) is 18.8. The molecule has 0 bridgehead atoms. The van der Waals surface area contributed by atoms with Crippen molar-refractivity contribution in [1.82, 2.24) is 16.0 Å². The lowest BCUT2D eigenvalue weighted by Gasteiger charge is -2.19. The minimum atomic E-state index is -0.0660. The lowest BCUT2D eigenvalue weighted by molar-refractivity contribution is 0.0963. The van der Waals surface area contributed by atoms with Crippen LogP contribution in [0.1, 0.15) is 39.4 Å². The van der Waals surface area contributed by atoms with E-state index < -0.39 is 0 Å². The largest absolute Gasteiger partial charge is 0.356 e. The van der Waals surface area contributed by atoms with Gasteiger partial charge in [-0.15, -0.1) is 0 Å². The molecule has 0 atom stereocenters. The molecule has 0 saturated heterocycles. The highest BCUT2D eigenvalue weighted by Gasteiger charge is 2.13. The van der Waals surface area contributed by atoms with Crippen LogP contribution in [0.25, 0.3) is 0 Å². The fourth-order valence-electron chi connectivity index (χ4n) is 3.79. The van der Waals surface area contributed by atoms with Crippen LogP contribution in [0.3, 0.4) is 0 Å². The third kappa shape index (κ3) is 6.71. The topological polar surface area (TPSA) is 65.5 Å². The van der Waals surface area contributed by atoms with E-state index in [-0.39, 0.29) is 5.91 Å². The second kappa shape index (κ2) is 12.3. The van der Waals surface area contributed by atoms with Gasteiger partial charge in [-0.3, -0.25) is 9.79 Å². The van der Waals surface area contributed by atoms with Gasteiger partial charge in [-0.05, 0) is 41.7 Å². The number of hydrogen-bond acceptors (Lipinski definition) is 2. The fraction of sp³-hybridized carbons (Fsp3) is 0.259. The molecule has 0 heterocycles. The second-order valence-corrected chi connectivity index (χ2v) is 7.62. The van der Waals surface area contributed by atoms with E-state index in [0.29, 0.717) is 11.5 Å². The average molecular weight is 429 g/mol. The quantitative estimate of drug-likeness (QED) is 0.357. The van der Waals surface area contributed by atoms with E-state index in [9.17, 15) is 4.79 Å². The van der Waals surface area contributed by atoms with Crippen LogP contribution < -0.4 is 16.0 Å². The summed E-state index contributed by atoms with van der Waals surface area (Å²) in [6.07, 6.45) is 1.77. The van der Waals surface area contributed by atoms with Gasteiger partial charge < -0.3 is 16.0 Å². The molecule has 0 spiro atoms. The summed E-state index contributed by atoms with van der Waals surface area (Å²) >= 11 is 0. The molecule has 3 aromatic rings. The molecule has 1 amide bonds. The first-order valence-corrected chi connectivity index (χ1v) is 11.1. The van der Waals surface area contributed by atoms with Crippen LogP contribution in [0, 0.1) is 0 Å². The van der Waals surface area contributed by atoms with Crippen molar-refractivity contribution < 1.29 is 4.79 Å². The molecule has 0 fully saturated rings. The zero-order valence-corrected chi connectivity index (χ0v) is 18.8. The summed E-state index contributed by atoms with van der Waals surface area (Å²) < 4.78 is 0. The summed E-state index contributed by atoms with van der Waals surface area (Å²) in [6.45, 7) is 1.54. The first-order valence-electron chi connectivity index (χ1n) is 11.1. The van der Waals surface area contributed by atoms with Gasteiger partial charge in [0.1, 0.15) is 0 Å². The molecule has 32 heavy (non-hydrogen) atoms. The minimum absolute atomic E-state index is 0.0660. The van der Waals surface area contributed by atoms with E-state index in [1.54, 1.807) is 14.1 Å². The standard InChI is InChI=1S/C27H32N4O/c1-28-26(32)24-15-9-10-21(20-24)16-18-30-27(29-2)31-19-17-25(22-11-5-3-6-12-22)23-13-7-4-8-14-23/h3-15,20,25H,16-19H2,1-2H3,(H,28,32)(H2,29,30,31). The Bertz CT molecular complexity index is 963. The third-order valence-electron chi connectivity index (χ3n) is 5.48. The summed E-state index contributed by atoms with van der Waals surface area (Å²) in [5.41, 5.74) is 4.43. The van der Waals surface area contributed by atoms with E-state index in [1.807, 2.05) is 24.3 Å². The van der Waals surface area contributed by atoms with Crippen molar-refractivity contribution in [3.8, 4) is 0 Å². The van der Waals surface area contributed by atoms with Gasteiger partial charge in [-0.2, -0.15) is 0 Å². The van der Waals surface area contributed by atoms with Gasteiger partial charge in [0, 0.05) is 38.7 Å². The molecule has 0 aliphatic carbocycles. The summed E-state index contributed by atoms with van der Waals surface area (Å²) in [7, 11) is 3.43. The van der Waals surface area contributed by atoms with Gasteiger partial charge in [-0.1, -0.05) is 72.8 Å². The van der Waals surface area contributed by atoms with Crippen LogP contribution in [-0.2, 0) is 6.42 Å². The highest BCUT2D eigenvalue weighted by molar-refractivity contribution is 5.94. The van der Waals surface area contributed by atoms with Crippen LogP contribution in [0.2, 0.25) is 0 Å². The zero-order chi connectivity index (χ0) is 22.6. The van der Waals surface area contributed by atoms with E-state index in [1.165, 1.54) is 11.1 Å². The molecule has 0 unspecified atom stereocenters. The maximum absolute atomic E-state index is 11.8. The number of rotatable bonds is 9. The van der Waals surface area contributed by atoms with Crippen molar-refractivity contribution in [2.24, 2.45) is 4.99 Å². The van der Waals surface area contributed by atoms with E-state index >= 15 is 0 Å². The molecular weight excluding hydrogens is 396 g/mol. The number of hydrogen-bond donors (Lipinski definition) is 3. The Balaban J connectivity index is 1.52. The Hall–Kier alpha value is -3.60. The molecule has 3 aromatic carbocycles. The third-order valence-corrected chi connectivity index (χ3v) is 5.48. The number of aliphatic imine (C=N–C) groups is 1. The summed E-state index contributed by atoms with van der Waals surface area (Å²) in [5.74, 6) is 1.05. The normalized spacial score (nSPS) is 11.3. The van der Waals surface area contributed by atoms with Crippen molar-refractivity contribution in [3.63, 3.8) is 0 Å². The van der Waals surface area contributed by atoms with Gasteiger partial charge in [0.05, 0.1) is 0 Å². The monoisotopic (exact) mass is 428 g/mol. The van der Waals surface area contributed by atoms with Crippen LogP contribution >= 0.6 is 0 Å². The fourth-order valence-corrected chi connectivity index (χ4v) is 3.79. The van der Waals surface area contributed by atoms with E-state index in [0.717, 1.165) is 37.5 Å². The molecule has 166 valence electrons. The number of guanidine groups is 1. The molecular formula is C27H32N4O. The van der Waals surface area contributed by atoms with Crippen LogP contribution in [0.15, 0.2) is 89.9 Å². The summed E-state index contributed by atoms with van der Waals surface area (Å²) in [6, 6.07) is 29.0.